The number of aromatic nitrogens is 2. The maximum Gasteiger partial charge on any atom is 0.265 e. The van der Waals surface area contributed by atoms with Gasteiger partial charge in [0.15, 0.2) is 11.5 Å². The zero-order valence-corrected chi connectivity index (χ0v) is 14.1. The molecule has 1 aliphatic rings. The van der Waals surface area contributed by atoms with Gasteiger partial charge in [-0.3, -0.25) is 4.79 Å². The molecule has 0 fully saturated rings. The largest absolute Gasteiger partial charge is 0.454 e. The summed E-state index contributed by atoms with van der Waals surface area (Å²) in [6, 6.07) is 3.59. The summed E-state index contributed by atoms with van der Waals surface area (Å²) in [5.74, 6) is 1.70. The fourth-order valence-electron chi connectivity index (χ4n) is 1.98. The van der Waals surface area contributed by atoms with Gasteiger partial charge in [-0.25, -0.2) is 4.98 Å². The normalized spacial score (nSPS) is 12.7. The predicted octanol–water partition coefficient (Wildman–Crippen LogP) is 2.84. The third-order valence-electron chi connectivity index (χ3n) is 2.91. The molecule has 0 aliphatic carbocycles. The van der Waals surface area contributed by atoms with Gasteiger partial charge in [0.2, 0.25) is 6.79 Å². The Bertz CT molecular complexity index is 761. The fraction of sp³-hybridized carbons (Fsp3) is 0.231. The van der Waals surface area contributed by atoms with Crippen molar-refractivity contribution in [2.75, 3.05) is 13.9 Å². The molecule has 0 radical (unpaired) electrons. The summed E-state index contributed by atoms with van der Waals surface area (Å²) >= 11 is 6.63. The lowest BCUT2D eigenvalue weighted by Crippen LogP contribution is -2.14. The second-order valence-corrected chi connectivity index (χ2v) is 5.95. The topological polar surface area (TPSA) is 73.4 Å². The Morgan fingerprint density at radius 3 is 2.95 bits per heavy atom. The molecule has 0 atom stereocenters. The Morgan fingerprint density at radius 1 is 1.38 bits per heavy atom. The Balaban J connectivity index is 2.13. The first-order chi connectivity index (χ1) is 10.1. The van der Waals surface area contributed by atoms with Gasteiger partial charge >= 0.3 is 0 Å². The van der Waals surface area contributed by atoms with Crippen molar-refractivity contribution in [2.45, 2.75) is 6.61 Å². The Labute approximate surface area is 136 Å². The van der Waals surface area contributed by atoms with Crippen molar-refractivity contribution in [3.63, 3.8) is 0 Å². The quantitative estimate of drug-likeness (QED) is 0.831. The summed E-state index contributed by atoms with van der Waals surface area (Å²) < 4.78 is 16.9. The predicted molar refractivity (Wildman–Crippen MR) is 82.5 cm³/mol. The number of methoxy groups -OCH3 is 1. The van der Waals surface area contributed by atoms with Crippen molar-refractivity contribution < 1.29 is 14.2 Å². The van der Waals surface area contributed by atoms with E-state index in [1.165, 1.54) is 0 Å². The first-order valence-corrected chi connectivity index (χ1v) is 7.56. The highest BCUT2D eigenvalue weighted by molar-refractivity contribution is 9.10. The Kier molecular flexibility index (Phi) is 4.01. The molecule has 8 heteroatoms. The molecule has 0 bridgehead atoms. The van der Waals surface area contributed by atoms with Crippen LogP contribution in [0.1, 0.15) is 5.69 Å². The van der Waals surface area contributed by atoms with E-state index < -0.39 is 0 Å². The number of nitrogens with zero attached hydrogens (tertiary/aromatic N) is 1. The third kappa shape index (κ3) is 2.70. The molecular formula is C13H10Br2N2O4. The van der Waals surface area contributed by atoms with Crippen LogP contribution in [-0.4, -0.2) is 23.9 Å². The van der Waals surface area contributed by atoms with Crippen LogP contribution < -0.4 is 15.0 Å². The summed E-state index contributed by atoms with van der Waals surface area (Å²) in [7, 11) is 1.55. The molecule has 2 heterocycles. The van der Waals surface area contributed by atoms with Gasteiger partial charge in [0.25, 0.3) is 5.56 Å². The van der Waals surface area contributed by atoms with Crippen molar-refractivity contribution in [3.05, 3.63) is 37.1 Å². The van der Waals surface area contributed by atoms with Crippen LogP contribution in [-0.2, 0) is 11.3 Å². The molecule has 3 rings (SSSR count). The Morgan fingerprint density at radius 2 is 2.19 bits per heavy atom. The lowest BCUT2D eigenvalue weighted by Gasteiger charge is -2.08. The number of halogens is 2. The van der Waals surface area contributed by atoms with E-state index in [0.29, 0.717) is 33.1 Å². The highest BCUT2D eigenvalue weighted by Gasteiger charge is 2.20. The van der Waals surface area contributed by atoms with Gasteiger partial charge in [-0.2, -0.15) is 0 Å². The Hall–Kier alpha value is -1.38. The van der Waals surface area contributed by atoms with Crippen LogP contribution in [0, 0.1) is 0 Å². The average Bonchev–Trinajstić information content (AvgIpc) is 2.92. The number of H-pyrrole nitrogens is 1. The van der Waals surface area contributed by atoms with Crippen LogP contribution in [0.25, 0.3) is 11.4 Å². The van der Waals surface area contributed by atoms with Crippen LogP contribution in [0.5, 0.6) is 11.5 Å². The fourth-order valence-corrected chi connectivity index (χ4v) is 2.84. The molecule has 0 amide bonds. The molecule has 0 saturated heterocycles. The first kappa shape index (κ1) is 14.6. The van der Waals surface area contributed by atoms with Gasteiger partial charge in [-0.05, 0) is 44.0 Å². The van der Waals surface area contributed by atoms with E-state index in [1.807, 2.05) is 6.07 Å². The number of rotatable bonds is 3. The van der Waals surface area contributed by atoms with Gasteiger partial charge < -0.3 is 19.2 Å². The summed E-state index contributed by atoms with van der Waals surface area (Å²) in [6.07, 6.45) is 0. The van der Waals surface area contributed by atoms with Gasteiger partial charge in [-0.15, -0.1) is 0 Å². The van der Waals surface area contributed by atoms with E-state index in [9.17, 15) is 4.79 Å². The lowest BCUT2D eigenvalue weighted by molar-refractivity contribution is 0.173. The van der Waals surface area contributed by atoms with E-state index in [4.69, 9.17) is 14.2 Å². The number of aromatic amines is 1. The number of fused-ring (bicyclic) bond motifs is 1. The van der Waals surface area contributed by atoms with Crippen molar-refractivity contribution in [1.82, 2.24) is 9.97 Å². The number of benzene rings is 1. The zero-order chi connectivity index (χ0) is 15.0. The number of hydrogen-bond donors (Lipinski definition) is 1. The van der Waals surface area contributed by atoms with E-state index in [1.54, 1.807) is 13.2 Å². The highest BCUT2D eigenvalue weighted by atomic mass is 79.9. The van der Waals surface area contributed by atoms with Crippen LogP contribution in [0.2, 0.25) is 0 Å². The highest BCUT2D eigenvalue weighted by Crippen LogP contribution is 2.41. The van der Waals surface area contributed by atoms with Crippen LogP contribution >= 0.6 is 31.9 Å². The van der Waals surface area contributed by atoms with Crippen LogP contribution in [0.3, 0.4) is 0 Å². The van der Waals surface area contributed by atoms with Gasteiger partial charge in [-0.1, -0.05) is 0 Å². The number of nitrogens with one attached hydrogen (secondary N) is 1. The van der Waals surface area contributed by atoms with E-state index in [2.05, 4.69) is 41.8 Å². The SMILES string of the molecule is COCc1nc(-c2cc(Br)c3c(c2)OCO3)[nH]c(=O)c1Br. The summed E-state index contributed by atoms with van der Waals surface area (Å²) in [6.45, 7) is 0.416. The maximum atomic E-state index is 12.0. The molecule has 0 saturated carbocycles. The molecule has 21 heavy (non-hydrogen) atoms. The van der Waals surface area contributed by atoms with Crippen molar-refractivity contribution in [1.29, 1.82) is 0 Å². The monoisotopic (exact) mass is 416 g/mol. The molecule has 0 unspecified atom stereocenters. The van der Waals surface area contributed by atoms with E-state index in [0.717, 1.165) is 4.47 Å². The summed E-state index contributed by atoms with van der Waals surface area (Å²) in [5, 5.41) is 0. The van der Waals surface area contributed by atoms with Gasteiger partial charge in [0.05, 0.1) is 16.8 Å². The molecule has 1 aliphatic heterocycles. The minimum Gasteiger partial charge on any atom is -0.454 e. The smallest absolute Gasteiger partial charge is 0.265 e. The van der Waals surface area contributed by atoms with Gasteiger partial charge in [0.1, 0.15) is 10.3 Å². The molecular weight excluding hydrogens is 408 g/mol. The third-order valence-corrected chi connectivity index (χ3v) is 4.32. The minimum atomic E-state index is -0.263. The molecule has 2 aromatic rings. The maximum absolute atomic E-state index is 12.0. The molecule has 6 nitrogen and oxygen atoms in total. The standard InChI is InChI=1S/C13H10Br2N2O4/c1-19-4-8-10(15)13(18)17-12(16-8)6-2-7(14)11-9(3-6)20-5-21-11/h2-3H,4-5H2,1H3,(H,16,17,18). The molecule has 110 valence electrons. The number of hydrogen-bond acceptors (Lipinski definition) is 5. The summed E-state index contributed by atoms with van der Waals surface area (Å²) in [5.41, 5.74) is 0.985. The van der Waals surface area contributed by atoms with Crippen molar-refractivity contribution in [2.24, 2.45) is 0 Å². The summed E-state index contributed by atoms with van der Waals surface area (Å²) in [4.78, 5) is 19.1. The second-order valence-electron chi connectivity index (χ2n) is 4.30. The van der Waals surface area contributed by atoms with E-state index in [-0.39, 0.29) is 19.0 Å². The number of ether oxygens (including phenoxy) is 3. The van der Waals surface area contributed by atoms with E-state index >= 15 is 0 Å². The minimum absolute atomic E-state index is 0.177. The molecule has 1 aromatic heterocycles. The van der Waals surface area contributed by atoms with Gasteiger partial charge in [0, 0.05) is 12.7 Å². The zero-order valence-electron chi connectivity index (χ0n) is 10.9. The average molecular weight is 418 g/mol. The first-order valence-electron chi connectivity index (χ1n) is 5.97. The lowest BCUT2D eigenvalue weighted by atomic mass is 10.2. The molecule has 0 spiro atoms. The van der Waals surface area contributed by atoms with Crippen LogP contribution in [0.4, 0.5) is 0 Å². The second kappa shape index (κ2) is 5.78. The molecule has 1 aromatic carbocycles. The van der Waals surface area contributed by atoms with Crippen molar-refractivity contribution >= 4 is 31.9 Å². The van der Waals surface area contributed by atoms with Crippen LogP contribution in [0.15, 0.2) is 25.9 Å². The van der Waals surface area contributed by atoms with Crippen molar-refractivity contribution in [3.8, 4) is 22.9 Å². The molecule has 1 N–H and O–H groups in total.